The molecule has 0 radical (unpaired) electrons. The van der Waals surface area contributed by atoms with Crippen LogP contribution in [0.1, 0.15) is 25.3 Å². The Labute approximate surface area is 107 Å². The zero-order valence-electron chi connectivity index (χ0n) is 10.6. The molecule has 1 fully saturated rings. The first kappa shape index (κ1) is 13.0. The molecular weight excluding hydrogens is 231 g/mol. The fourth-order valence-corrected chi connectivity index (χ4v) is 1.77. The van der Waals surface area contributed by atoms with Gasteiger partial charge in [0.15, 0.2) is 0 Å². The van der Waals surface area contributed by atoms with E-state index in [0.717, 1.165) is 24.8 Å². The van der Waals surface area contributed by atoms with Crippen LogP contribution in [-0.4, -0.2) is 24.5 Å². The van der Waals surface area contributed by atoms with Gasteiger partial charge < -0.3 is 10.6 Å². The summed E-state index contributed by atoms with van der Waals surface area (Å²) in [6, 6.07) is 6.75. The average Bonchev–Trinajstić information content (AvgIpc) is 3.13. The number of amides is 1. The van der Waals surface area contributed by atoms with Crippen molar-refractivity contribution in [2.45, 2.75) is 38.3 Å². The van der Waals surface area contributed by atoms with Gasteiger partial charge in [0.2, 0.25) is 5.91 Å². The molecule has 0 bridgehead atoms. The lowest BCUT2D eigenvalue weighted by atomic mass is 10.1. The highest BCUT2D eigenvalue weighted by Gasteiger charge is 2.25. The van der Waals surface area contributed by atoms with Crippen LogP contribution in [0.3, 0.4) is 0 Å². The van der Waals surface area contributed by atoms with Gasteiger partial charge in [0.1, 0.15) is 5.82 Å². The summed E-state index contributed by atoms with van der Waals surface area (Å²) in [6.45, 7) is 2.52. The zero-order valence-corrected chi connectivity index (χ0v) is 10.6. The predicted octanol–water partition coefficient (Wildman–Crippen LogP) is 1.62. The summed E-state index contributed by atoms with van der Waals surface area (Å²) in [6.07, 6.45) is 2.92. The Morgan fingerprint density at radius 1 is 1.50 bits per heavy atom. The maximum atomic E-state index is 12.9. The number of hydrogen-bond donors (Lipinski definition) is 2. The average molecular weight is 250 g/mol. The zero-order chi connectivity index (χ0) is 13.0. The van der Waals surface area contributed by atoms with Gasteiger partial charge in [-0.05, 0) is 50.4 Å². The first-order chi connectivity index (χ1) is 8.65. The molecule has 3 nitrogen and oxygen atoms in total. The topological polar surface area (TPSA) is 41.1 Å². The number of rotatable bonds is 6. The molecule has 1 aliphatic rings. The van der Waals surface area contributed by atoms with Crippen molar-refractivity contribution in [1.82, 2.24) is 10.6 Å². The van der Waals surface area contributed by atoms with Gasteiger partial charge in [-0.2, -0.15) is 0 Å². The normalized spacial score (nSPS) is 16.3. The van der Waals surface area contributed by atoms with Crippen molar-refractivity contribution in [3.8, 4) is 0 Å². The largest absolute Gasteiger partial charge is 0.352 e. The Hall–Kier alpha value is -1.42. The second kappa shape index (κ2) is 5.96. The van der Waals surface area contributed by atoms with Gasteiger partial charge in [-0.15, -0.1) is 0 Å². The summed E-state index contributed by atoms with van der Waals surface area (Å²) in [7, 11) is 0. The minimum absolute atomic E-state index is 0.0525. The van der Waals surface area contributed by atoms with E-state index in [1.54, 1.807) is 6.07 Å². The monoisotopic (exact) mass is 250 g/mol. The number of nitrogens with one attached hydrogen (secondary N) is 2. The van der Waals surface area contributed by atoms with Gasteiger partial charge in [-0.1, -0.05) is 12.1 Å². The van der Waals surface area contributed by atoms with Crippen molar-refractivity contribution >= 4 is 5.91 Å². The minimum Gasteiger partial charge on any atom is -0.352 e. The number of hydrogen-bond acceptors (Lipinski definition) is 2. The number of carbonyl (C=O) groups is 1. The molecule has 0 spiro atoms. The fourth-order valence-electron chi connectivity index (χ4n) is 1.77. The van der Waals surface area contributed by atoms with Crippen LogP contribution in [0.5, 0.6) is 0 Å². The van der Waals surface area contributed by atoms with Crippen molar-refractivity contribution in [1.29, 1.82) is 0 Å². The molecule has 1 unspecified atom stereocenters. The molecule has 2 N–H and O–H groups in total. The molecule has 0 aliphatic heterocycles. The predicted molar refractivity (Wildman–Crippen MR) is 68.7 cm³/mol. The molecule has 1 aromatic rings. The highest BCUT2D eigenvalue weighted by atomic mass is 19.1. The summed E-state index contributed by atoms with van der Waals surface area (Å²) in [4.78, 5) is 11.7. The summed E-state index contributed by atoms with van der Waals surface area (Å²) in [5, 5.41) is 6.10. The lowest BCUT2D eigenvalue weighted by Gasteiger charge is -2.13. The van der Waals surface area contributed by atoms with Crippen molar-refractivity contribution < 1.29 is 9.18 Å². The van der Waals surface area contributed by atoms with Crippen molar-refractivity contribution in [2.24, 2.45) is 0 Å². The summed E-state index contributed by atoms with van der Waals surface area (Å²) in [5.74, 6) is -0.163. The fraction of sp³-hybridized carbons (Fsp3) is 0.500. The van der Waals surface area contributed by atoms with Crippen LogP contribution in [0, 0.1) is 5.82 Å². The van der Waals surface area contributed by atoms with E-state index in [-0.39, 0.29) is 17.8 Å². The molecule has 98 valence electrons. The van der Waals surface area contributed by atoms with E-state index in [0.29, 0.717) is 12.6 Å². The Morgan fingerprint density at radius 3 is 2.94 bits per heavy atom. The molecule has 1 saturated carbocycles. The number of carbonyl (C=O) groups excluding carboxylic acids is 1. The third-order valence-electron chi connectivity index (χ3n) is 3.07. The molecule has 0 heterocycles. The van der Waals surface area contributed by atoms with E-state index >= 15 is 0 Å². The van der Waals surface area contributed by atoms with E-state index < -0.39 is 0 Å². The maximum absolute atomic E-state index is 12.9. The van der Waals surface area contributed by atoms with Gasteiger partial charge in [-0.25, -0.2) is 4.39 Å². The highest BCUT2D eigenvalue weighted by molar-refractivity contribution is 5.81. The van der Waals surface area contributed by atoms with Crippen LogP contribution < -0.4 is 10.6 Å². The second-order valence-corrected chi connectivity index (χ2v) is 4.84. The van der Waals surface area contributed by atoms with Crippen LogP contribution in [-0.2, 0) is 11.2 Å². The summed E-state index contributed by atoms with van der Waals surface area (Å²) >= 11 is 0. The standard InChI is InChI=1S/C14H19FN2O/c1-10(14(18)17-13-5-6-13)16-8-7-11-3-2-4-12(15)9-11/h2-4,9-10,13,16H,5-8H2,1H3,(H,17,18). The Morgan fingerprint density at radius 2 is 2.28 bits per heavy atom. The smallest absolute Gasteiger partial charge is 0.237 e. The van der Waals surface area contributed by atoms with E-state index in [4.69, 9.17) is 0 Å². The molecule has 4 heteroatoms. The van der Waals surface area contributed by atoms with Crippen molar-refractivity contribution in [3.05, 3.63) is 35.6 Å². The van der Waals surface area contributed by atoms with E-state index in [1.807, 2.05) is 13.0 Å². The maximum Gasteiger partial charge on any atom is 0.237 e. The molecule has 2 rings (SSSR count). The Bertz CT molecular complexity index is 418. The summed E-state index contributed by atoms with van der Waals surface area (Å²) < 4.78 is 12.9. The first-order valence-electron chi connectivity index (χ1n) is 6.43. The van der Waals surface area contributed by atoms with E-state index in [1.165, 1.54) is 12.1 Å². The van der Waals surface area contributed by atoms with Crippen LogP contribution in [0.2, 0.25) is 0 Å². The molecule has 1 amide bonds. The number of benzene rings is 1. The van der Waals surface area contributed by atoms with Gasteiger partial charge in [-0.3, -0.25) is 4.79 Å². The summed E-state index contributed by atoms with van der Waals surface area (Å²) in [5.41, 5.74) is 0.942. The second-order valence-electron chi connectivity index (χ2n) is 4.84. The minimum atomic E-state index is -0.216. The van der Waals surface area contributed by atoms with E-state index in [9.17, 15) is 9.18 Å². The highest BCUT2D eigenvalue weighted by Crippen LogP contribution is 2.18. The SMILES string of the molecule is CC(NCCc1cccc(F)c1)C(=O)NC1CC1. The lowest BCUT2D eigenvalue weighted by Crippen LogP contribution is -2.43. The van der Waals surface area contributed by atoms with Crippen molar-refractivity contribution in [3.63, 3.8) is 0 Å². The Balaban J connectivity index is 1.69. The third kappa shape index (κ3) is 4.11. The molecule has 0 saturated heterocycles. The molecule has 1 aliphatic carbocycles. The molecule has 1 aromatic carbocycles. The van der Waals surface area contributed by atoms with Crippen molar-refractivity contribution in [2.75, 3.05) is 6.54 Å². The van der Waals surface area contributed by atoms with Gasteiger partial charge >= 0.3 is 0 Å². The molecular formula is C14H19FN2O. The molecule has 0 aromatic heterocycles. The molecule has 1 atom stereocenters. The quantitative estimate of drug-likeness (QED) is 0.805. The van der Waals surface area contributed by atoms with Crippen LogP contribution in [0.4, 0.5) is 4.39 Å². The van der Waals surface area contributed by atoms with Gasteiger partial charge in [0, 0.05) is 6.04 Å². The van der Waals surface area contributed by atoms with E-state index in [2.05, 4.69) is 10.6 Å². The van der Waals surface area contributed by atoms with Gasteiger partial charge in [0.25, 0.3) is 0 Å². The number of halogens is 1. The lowest BCUT2D eigenvalue weighted by molar-refractivity contribution is -0.122. The van der Waals surface area contributed by atoms with Gasteiger partial charge in [0.05, 0.1) is 6.04 Å². The van der Waals surface area contributed by atoms with Crippen LogP contribution in [0.15, 0.2) is 24.3 Å². The Kier molecular flexibility index (Phi) is 4.31. The van der Waals surface area contributed by atoms with Crippen LogP contribution >= 0.6 is 0 Å². The third-order valence-corrected chi connectivity index (χ3v) is 3.07. The molecule has 18 heavy (non-hydrogen) atoms. The van der Waals surface area contributed by atoms with Crippen LogP contribution in [0.25, 0.3) is 0 Å². The first-order valence-corrected chi connectivity index (χ1v) is 6.43.